The molecule has 0 spiro atoms. The van der Waals surface area contributed by atoms with Crippen LogP contribution in [0.4, 0.5) is 0 Å². The van der Waals surface area contributed by atoms with Crippen LogP contribution in [0.1, 0.15) is 445 Å². The van der Waals surface area contributed by atoms with Crippen molar-refractivity contribution >= 4 is 0 Å². The van der Waals surface area contributed by atoms with Crippen molar-refractivity contribution in [2.24, 2.45) is 5.92 Å². The van der Waals surface area contributed by atoms with E-state index in [0.717, 1.165) is 5.92 Å². The van der Waals surface area contributed by atoms with Crippen molar-refractivity contribution in [1.82, 2.24) is 5.32 Å². The van der Waals surface area contributed by atoms with Crippen LogP contribution in [-0.2, 0) is 0 Å². The largest absolute Gasteiger partial charge is 0.317 e. The number of hydrogen-bond acceptors (Lipinski definition) is 1. The Bertz CT molecular complexity index is 860. The highest BCUT2D eigenvalue weighted by Gasteiger charge is 2.09. The molecule has 0 aromatic carbocycles. The van der Waals surface area contributed by atoms with E-state index in [1.165, 1.54) is 437 Å². The van der Waals surface area contributed by atoms with Gasteiger partial charge in [-0.15, -0.1) is 0 Å². The first-order valence-electron chi connectivity index (χ1n) is 36.1. The molecule has 0 fully saturated rings. The normalized spacial score (nSPS) is 11.8. The summed E-state index contributed by atoms with van der Waals surface area (Å²) in [7, 11) is 0. The summed E-state index contributed by atoms with van der Waals surface area (Å²) in [6.07, 6.45) is 97.6. The molecule has 0 bridgehead atoms. The van der Waals surface area contributed by atoms with Gasteiger partial charge in [-0.1, -0.05) is 432 Å². The van der Waals surface area contributed by atoms with Gasteiger partial charge in [-0.2, -0.15) is 0 Å². The lowest BCUT2D eigenvalue weighted by molar-refractivity contribution is 0.365. The van der Waals surface area contributed by atoms with E-state index in [2.05, 4.69) is 26.1 Å². The van der Waals surface area contributed by atoms with Gasteiger partial charge in [0.25, 0.3) is 0 Å². The summed E-state index contributed by atoms with van der Waals surface area (Å²) in [5, 5.41) is 3.73. The standard InChI is InChI=1S/C72H147N/c1-4-7-10-13-16-19-22-25-28-32-37-42-47-52-57-62-67-72(68-63-58-53-48-43-38-33-29-26-23-20-17-14-11-8-5-2)69-64-59-54-49-44-39-34-31-36-41-46-51-56-61-66-71-73-70-65-60-55-50-45-40-35-30-27-24-21-18-15-12-9-6-3/h72-73H,4-71H2,1-3H3. The Morgan fingerprint density at radius 2 is 0.274 bits per heavy atom. The molecule has 0 aromatic rings. The van der Waals surface area contributed by atoms with Crippen LogP contribution in [-0.4, -0.2) is 13.1 Å². The van der Waals surface area contributed by atoms with E-state index in [9.17, 15) is 0 Å². The summed E-state index contributed by atoms with van der Waals surface area (Å²) in [6, 6.07) is 0. The molecule has 0 radical (unpaired) electrons. The third-order valence-electron chi connectivity index (χ3n) is 17.6. The van der Waals surface area contributed by atoms with Crippen LogP contribution >= 0.6 is 0 Å². The average Bonchev–Trinajstić information content (AvgIpc) is 3.40. The molecular formula is C72H147N. The third-order valence-corrected chi connectivity index (χ3v) is 17.6. The Morgan fingerprint density at radius 3 is 0.425 bits per heavy atom. The zero-order valence-electron chi connectivity index (χ0n) is 52.2. The van der Waals surface area contributed by atoms with Crippen LogP contribution in [0.2, 0.25) is 0 Å². The second-order valence-electron chi connectivity index (χ2n) is 25.2. The molecule has 0 saturated heterocycles. The lowest BCUT2D eigenvalue weighted by Crippen LogP contribution is -2.16. The third kappa shape index (κ3) is 68.0. The molecule has 0 aliphatic heterocycles. The first-order chi connectivity index (χ1) is 36.3. The van der Waals surface area contributed by atoms with Crippen molar-refractivity contribution in [2.75, 3.05) is 13.1 Å². The fourth-order valence-electron chi connectivity index (χ4n) is 12.3. The van der Waals surface area contributed by atoms with Gasteiger partial charge in [0.2, 0.25) is 0 Å². The van der Waals surface area contributed by atoms with Gasteiger partial charge in [-0.25, -0.2) is 0 Å². The molecule has 0 aromatic heterocycles. The van der Waals surface area contributed by atoms with E-state index in [1.54, 1.807) is 0 Å². The molecule has 0 rings (SSSR count). The van der Waals surface area contributed by atoms with E-state index in [1.807, 2.05) is 0 Å². The summed E-state index contributed by atoms with van der Waals surface area (Å²) in [4.78, 5) is 0. The zero-order chi connectivity index (χ0) is 52.4. The van der Waals surface area contributed by atoms with Crippen LogP contribution in [0.15, 0.2) is 0 Å². The Morgan fingerprint density at radius 1 is 0.151 bits per heavy atom. The van der Waals surface area contributed by atoms with Crippen LogP contribution in [0.25, 0.3) is 0 Å². The van der Waals surface area contributed by atoms with Crippen LogP contribution in [0.5, 0.6) is 0 Å². The predicted octanol–water partition coefficient (Wildman–Crippen LogP) is 27.0. The van der Waals surface area contributed by atoms with Gasteiger partial charge >= 0.3 is 0 Å². The second kappa shape index (κ2) is 70.0. The minimum absolute atomic E-state index is 1.03. The summed E-state index contributed by atoms with van der Waals surface area (Å²) < 4.78 is 0. The maximum Gasteiger partial charge on any atom is -0.00489 e. The lowest BCUT2D eigenvalue weighted by atomic mass is 9.89. The Labute approximate surface area is 466 Å². The van der Waals surface area contributed by atoms with Crippen molar-refractivity contribution in [1.29, 1.82) is 0 Å². The van der Waals surface area contributed by atoms with Crippen LogP contribution < -0.4 is 5.32 Å². The highest BCUT2D eigenvalue weighted by Crippen LogP contribution is 2.26. The molecule has 1 N–H and O–H groups in total. The summed E-state index contributed by atoms with van der Waals surface area (Å²) in [5.41, 5.74) is 0. The highest BCUT2D eigenvalue weighted by atomic mass is 14.8. The van der Waals surface area contributed by atoms with Gasteiger partial charge in [0.1, 0.15) is 0 Å². The van der Waals surface area contributed by atoms with Crippen molar-refractivity contribution in [2.45, 2.75) is 445 Å². The van der Waals surface area contributed by atoms with Gasteiger partial charge < -0.3 is 5.32 Å². The highest BCUT2D eigenvalue weighted by molar-refractivity contribution is 4.63. The fourth-order valence-corrected chi connectivity index (χ4v) is 12.3. The molecule has 0 unspecified atom stereocenters. The maximum absolute atomic E-state index is 3.73. The van der Waals surface area contributed by atoms with E-state index < -0.39 is 0 Å². The molecule has 1 heteroatoms. The second-order valence-corrected chi connectivity index (χ2v) is 25.2. The molecule has 0 heterocycles. The molecular weight excluding hydrogens is 879 g/mol. The van der Waals surface area contributed by atoms with Gasteiger partial charge in [0.05, 0.1) is 0 Å². The predicted molar refractivity (Wildman–Crippen MR) is 338 cm³/mol. The molecule has 0 amide bonds. The maximum atomic E-state index is 3.73. The summed E-state index contributed by atoms with van der Waals surface area (Å²) in [5.74, 6) is 1.03. The van der Waals surface area contributed by atoms with Crippen molar-refractivity contribution < 1.29 is 0 Å². The van der Waals surface area contributed by atoms with Crippen LogP contribution in [0, 0.1) is 5.92 Å². The van der Waals surface area contributed by atoms with Crippen LogP contribution in [0.3, 0.4) is 0 Å². The van der Waals surface area contributed by atoms with Crippen molar-refractivity contribution in [3.05, 3.63) is 0 Å². The smallest absolute Gasteiger partial charge is 0.00489 e. The van der Waals surface area contributed by atoms with Crippen molar-refractivity contribution in [3.63, 3.8) is 0 Å². The van der Waals surface area contributed by atoms with E-state index >= 15 is 0 Å². The molecule has 73 heavy (non-hydrogen) atoms. The Hall–Kier alpha value is -0.0400. The summed E-state index contributed by atoms with van der Waals surface area (Å²) in [6.45, 7) is 9.46. The molecule has 0 aliphatic carbocycles. The molecule has 1 nitrogen and oxygen atoms in total. The number of hydrogen-bond donors (Lipinski definition) is 1. The van der Waals surface area contributed by atoms with Gasteiger partial charge in [0.15, 0.2) is 0 Å². The number of nitrogens with one attached hydrogen (secondary N) is 1. The Balaban J connectivity index is 3.79. The quantitative estimate of drug-likeness (QED) is 0.0599. The average molecular weight is 1030 g/mol. The van der Waals surface area contributed by atoms with E-state index in [0.29, 0.717) is 0 Å². The first kappa shape index (κ1) is 73.0. The summed E-state index contributed by atoms with van der Waals surface area (Å²) >= 11 is 0. The minimum Gasteiger partial charge on any atom is -0.317 e. The topological polar surface area (TPSA) is 12.0 Å². The Kier molecular flexibility index (Phi) is 69.9. The fraction of sp³-hybridized carbons (Fsp3) is 1.00. The zero-order valence-corrected chi connectivity index (χ0v) is 52.2. The molecule has 0 aliphatic rings. The number of unbranched alkanes of at least 4 members (excludes halogenated alkanes) is 59. The van der Waals surface area contributed by atoms with Gasteiger partial charge in [0, 0.05) is 0 Å². The van der Waals surface area contributed by atoms with Gasteiger partial charge in [-0.05, 0) is 31.8 Å². The monoisotopic (exact) mass is 1030 g/mol. The minimum atomic E-state index is 1.03. The SMILES string of the molecule is CCCCCCCCCCCCCCCCCCNCCCCCCCCCCCCCCCCCC(CCCCCCCCCCCCCCCCCC)CCCCCCCCCCCCCCCCCC. The first-order valence-corrected chi connectivity index (χ1v) is 36.1. The van der Waals surface area contributed by atoms with Gasteiger partial charge in [-0.3, -0.25) is 0 Å². The molecule has 440 valence electrons. The molecule has 0 saturated carbocycles. The van der Waals surface area contributed by atoms with E-state index in [-0.39, 0.29) is 0 Å². The lowest BCUT2D eigenvalue weighted by Gasteiger charge is -2.17. The van der Waals surface area contributed by atoms with Crippen molar-refractivity contribution in [3.8, 4) is 0 Å². The van der Waals surface area contributed by atoms with E-state index in [4.69, 9.17) is 0 Å². The number of rotatable bonds is 69. The molecule has 0 atom stereocenters.